The maximum Gasteiger partial charge on any atom is 0.278 e. The lowest BCUT2D eigenvalue weighted by atomic mass is 10.1. The molecular formula is C22H16ClN7O4S. The number of H-pyrrole nitrogens is 1. The van der Waals surface area contributed by atoms with E-state index in [9.17, 15) is 13.2 Å². The number of tetrazole rings is 1. The fraction of sp³-hybridized carbons (Fsp3) is 0.0455. The first-order valence-corrected chi connectivity index (χ1v) is 12.2. The molecule has 2 heterocycles. The molecule has 0 bridgehead atoms. The Morgan fingerprint density at radius 1 is 1.06 bits per heavy atom. The number of nitrogens with zero attached hydrogens (tertiary/aromatic N) is 4. The number of nitrogens with one attached hydrogen (secondary N) is 3. The molecule has 11 nitrogen and oxygen atoms in total. The number of aromatic nitrogens is 5. The number of rotatable bonds is 7. The van der Waals surface area contributed by atoms with Crippen molar-refractivity contribution in [2.75, 3.05) is 10.0 Å². The van der Waals surface area contributed by atoms with E-state index in [4.69, 9.17) is 16.1 Å². The number of carbonyl (C=O) groups is 1. The minimum atomic E-state index is -3.66. The van der Waals surface area contributed by atoms with Crippen LogP contribution in [0.15, 0.2) is 71.3 Å². The molecule has 0 aliphatic carbocycles. The molecule has 5 aromatic rings. The predicted molar refractivity (Wildman–Crippen MR) is 129 cm³/mol. The first-order chi connectivity index (χ1) is 16.9. The Labute approximate surface area is 203 Å². The van der Waals surface area contributed by atoms with Crippen LogP contribution in [0.4, 0.5) is 11.4 Å². The molecule has 35 heavy (non-hydrogen) atoms. The van der Waals surface area contributed by atoms with E-state index in [-0.39, 0.29) is 22.7 Å². The van der Waals surface area contributed by atoms with Gasteiger partial charge >= 0.3 is 0 Å². The quantitative estimate of drug-likeness (QED) is 0.298. The highest BCUT2D eigenvalue weighted by Gasteiger charge is 2.20. The van der Waals surface area contributed by atoms with Crippen molar-refractivity contribution in [3.63, 3.8) is 0 Å². The van der Waals surface area contributed by atoms with E-state index in [1.807, 2.05) is 6.07 Å². The molecule has 3 aromatic carbocycles. The van der Waals surface area contributed by atoms with Crippen molar-refractivity contribution in [1.82, 2.24) is 25.8 Å². The monoisotopic (exact) mass is 509 g/mol. The third-order valence-electron chi connectivity index (χ3n) is 4.99. The molecular weight excluding hydrogens is 494 g/mol. The number of sulfonamides is 1. The largest absolute Gasteiger partial charge is 0.355 e. The summed E-state index contributed by atoms with van der Waals surface area (Å²) < 4.78 is 32.9. The minimum absolute atomic E-state index is 0.0234. The molecule has 0 atom stereocenters. The third kappa shape index (κ3) is 4.98. The van der Waals surface area contributed by atoms with Crippen molar-refractivity contribution in [3.8, 4) is 11.4 Å². The van der Waals surface area contributed by atoms with Gasteiger partial charge in [0.25, 0.3) is 5.91 Å². The zero-order valence-corrected chi connectivity index (χ0v) is 19.3. The molecule has 0 aliphatic rings. The van der Waals surface area contributed by atoms with Crippen LogP contribution >= 0.6 is 11.6 Å². The smallest absolute Gasteiger partial charge is 0.278 e. The number of benzene rings is 3. The highest BCUT2D eigenvalue weighted by Crippen LogP contribution is 2.29. The number of aromatic amines is 1. The van der Waals surface area contributed by atoms with Gasteiger partial charge < -0.3 is 9.84 Å². The van der Waals surface area contributed by atoms with Crippen LogP contribution in [0, 0.1) is 0 Å². The van der Waals surface area contributed by atoms with Gasteiger partial charge in [-0.05, 0) is 46.3 Å². The van der Waals surface area contributed by atoms with E-state index in [1.54, 1.807) is 48.5 Å². The fourth-order valence-corrected chi connectivity index (χ4v) is 4.81. The molecule has 13 heteroatoms. The van der Waals surface area contributed by atoms with Gasteiger partial charge in [0.1, 0.15) is 0 Å². The van der Waals surface area contributed by atoms with Crippen molar-refractivity contribution in [1.29, 1.82) is 0 Å². The van der Waals surface area contributed by atoms with Gasteiger partial charge in [0.2, 0.25) is 10.0 Å². The van der Waals surface area contributed by atoms with Crippen molar-refractivity contribution >= 4 is 49.9 Å². The summed E-state index contributed by atoms with van der Waals surface area (Å²) in [5.74, 6) is -0.405. The summed E-state index contributed by atoms with van der Waals surface area (Å²) in [4.78, 5) is 13.0. The van der Waals surface area contributed by atoms with Gasteiger partial charge in [-0.25, -0.2) is 13.5 Å². The highest BCUT2D eigenvalue weighted by atomic mass is 35.5. The predicted octanol–water partition coefficient (Wildman–Crippen LogP) is 3.86. The first kappa shape index (κ1) is 22.5. The van der Waals surface area contributed by atoms with Gasteiger partial charge in [-0.2, -0.15) is 0 Å². The normalized spacial score (nSPS) is 11.5. The Kier molecular flexibility index (Phi) is 5.89. The Balaban J connectivity index is 1.37. The fourth-order valence-electron chi connectivity index (χ4n) is 3.45. The maximum atomic E-state index is 13.0. The van der Waals surface area contributed by atoms with Gasteiger partial charge in [0.05, 0.1) is 22.5 Å². The van der Waals surface area contributed by atoms with Crippen LogP contribution in [-0.4, -0.2) is 40.1 Å². The SMILES string of the molecule is O=C(Nc1ccc(Cl)cc1-c1nnn[nH]1)c1noc2cc(NS(=O)(=O)Cc3ccccc3)ccc12. The van der Waals surface area contributed by atoms with Crippen molar-refractivity contribution in [3.05, 3.63) is 83.0 Å². The molecule has 0 saturated heterocycles. The second-order valence-electron chi connectivity index (χ2n) is 7.48. The molecule has 0 saturated carbocycles. The van der Waals surface area contributed by atoms with E-state index in [2.05, 4.69) is 35.8 Å². The summed E-state index contributed by atoms with van der Waals surface area (Å²) in [7, 11) is -3.66. The lowest BCUT2D eigenvalue weighted by Crippen LogP contribution is -2.15. The summed E-state index contributed by atoms with van der Waals surface area (Å²) in [5, 5.41) is 21.0. The van der Waals surface area contributed by atoms with E-state index < -0.39 is 15.9 Å². The number of anilines is 2. The summed E-state index contributed by atoms with van der Waals surface area (Å²) in [6.07, 6.45) is 0. The number of amides is 1. The number of carbonyl (C=O) groups excluding carboxylic acids is 1. The molecule has 0 fully saturated rings. The van der Waals surface area contributed by atoms with E-state index in [0.29, 0.717) is 33.0 Å². The molecule has 0 aliphatic heterocycles. The molecule has 0 spiro atoms. The van der Waals surface area contributed by atoms with Gasteiger partial charge in [0.15, 0.2) is 17.1 Å². The molecule has 3 N–H and O–H groups in total. The molecule has 2 aromatic heterocycles. The third-order valence-corrected chi connectivity index (χ3v) is 6.49. The Bertz CT molecular complexity index is 1620. The lowest BCUT2D eigenvalue weighted by Gasteiger charge is -2.09. The number of hydrogen-bond donors (Lipinski definition) is 3. The molecule has 5 rings (SSSR count). The number of halogens is 1. The zero-order valence-electron chi connectivity index (χ0n) is 17.8. The van der Waals surface area contributed by atoms with Gasteiger partial charge in [0, 0.05) is 16.7 Å². The Morgan fingerprint density at radius 2 is 1.89 bits per heavy atom. The van der Waals surface area contributed by atoms with E-state index >= 15 is 0 Å². The second kappa shape index (κ2) is 9.16. The summed E-state index contributed by atoms with van der Waals surface area (Å²) in [6.45, 7) is 0. The highest BCUT2D eigenvalue weighted by molar-refractivity contribution is 7.91. The molecule has 176 valence electrons. The van der Waals surface area contributed by atoms with Crippen molar-refractivity contribution < 1.29 is 17.7 Å². The second-order valence-corrected chi connectivity index (χ2v) is 9.64. The van der Waals surface area contributed by atoms with Gasteiger partial charge in [-0.3, -0.25) is 9.52 Å². The summed E-state index contributed by atoms with van der Waals surface area (Å²) in [6, 6.07) is 18.2. The van der Waals surface area contributed by atoms with Crippen molar-refractivity contribution in [2.45, 2.75) is 5.75 Å². The Morgan fingerprint density at radius 3 is 2.66 bits per heavy atom. The first-order valence-electron chi connectivity index (χ1n) is 10.2. The number of hydrogen-bond acceptors (Lipinski definition) is 8. The summed E-state index contributed by atoms with van der Waals surface area (Å²) >= 11 is 6.08. The van der Waals surface area contributed by atoms with Crippen LogP contribution < -0.4 is 10.0 Å². The van der Waals surface area contributed by atoms with Crippen LogP contribution in [0.1, 0.15) is 16.1 Å². The number of fused-ring (bicyclic) bond motifs is 1. The van der Waals surface area contributed by atoms with E-state index in [0.717, 1.165) is 0 Å². The Hall–Kier alpha value is -4.29. The average Bonchev–Trinajstić information content (AvgIpc) is 3.50. The zero-order chi connectivity index (χ0) is 24.4. The lowest BCUT2D eigenvalue weighted by molar-refractivity contribution is 0.102. The van der Waals surface area contributed by atoms with Gasteiger partial charge in [-0.1, -0.05) is 47.1 Å². The summed E-state index contributed by atoms with van der Waals surface area (Å²) in [5.41, 5.74) is 2.09. The minimum Gasteiger partial charge on any atom is -0.355 e. The average molecular weight is 510 g/mol. The van der Waals surface area contributed by atoms with Gasteiger partial charge in [-0.15, -0.1) is 5.10 Å². The van der Waals surface area contributed by atoms with Crippen LogP contribution in [0.25, 0.3) is 22.4 Å². The van der Waals surface area contributed by atoms with E-state index in [1.165, 1.54) is 12.1 Å². The molecule has 1 amide bonds. The van der Waals surface area contributed by atoms with Crippen LogP contribution in [0.3, 0.4) is 0 Å². The molecule has 0 radical (unpaired) electrons. The standard InChI is InChI=1S/C22H16ClN7O4S/c23-14-6-9-18(17(10-14)21-25-29-30-26-21)24-22(31)20-16-8-7-15(11-19(16)34-27-20)28-35(32,33)12-13-4-2-1-3-5-13/h1-11,28H,12H2,(H,24,31)(H,25,26,29,30). The topological polar surface area (TPSA) is 156 Å². The van der Waals surface area contributed by atoms with Crippen LogP contribution in [-0.2, 0) is 15.8 Å². The van der Waals surface area contributed by atoms with Crippen LogP contribution in [0.5, 0.6) is 0 Å². The maximum absolute atomic E-state index is 13.0. The van der Waals surface area contributed by atoms with Crippen LogP contribution in [0.2, 0.25) is 5.02 Å². The van der Waals surface area contributed by atoms with Crippen molar-refractivity contribution in [2.24, 2.45) is 0 Å². The molecule has 0 unspecified atom stereocenters.